The van der Waals surface area contributed by atoms with Crippen LogP contribution < -0.4 is 5.32 Å². The van der Waals surface area contributed by atoms with Gasteiger partial charge in [0, 0.05) is 25.5 Å². The monoisotopic (exact) mass is 276 g/mol. The third-order valence-corrected chi connectivity index (χ3v) is 3.53. The highest BCUT2D eigenvalue weighted by Crippen LogP contribution is 2.31. The van der Waals surface area contributed by atoms with E-state index in [2.05, 4.69) is 10.3 Å². The van der Waals surface area contributed by atoms with Crippen molar-refractivity contribution in [2.24, 2.45) is 0 Å². The molecule has 6 heteroatoms. The van der Waals surface area contributed by atoms with Gasteiger partial charge in [-0.25, -0.2) is 4.98 Å². The zero-order chi connectivity index (χ0) is 14.8. The standard InChI is InChI=1S/C14H20N4O2/c1-10-11(12(15)20-14(10,2)3)13(19)17-5-4-7-18-8-6-16-9-18/h6,8-9,15H,4-5,7H2,1-3H3,(H,17,19). The van der Waals surface area contributed by atoms with Gasteiger partial charge in [0.05, 0.1) is 6.33 Å². The first-order valence-corrected chi connectivity index (χ1v) is 6.65. The molecule has 0 fully saturated rings. The van der Waals surface area contributed by atoms with E-state index in [1.165, 1.54) is 0 Å². The molecule has 0 atom stereocenters. The van der Waals surface area contributed by atoms with E-state index in [9.17, 15) is 4.79 Å². The van der Waals surface area contributed by atoms with Gasteiger partial charge in [0.2, 0.25) is 5.90 Å². The highest BCUT2D eigenvalue weighted by atomic mass is 16.5. The largest absolute Gasteiger partial charge is 0.467 e. The molecule has 2 rings (SSSR count). The lowest BCUT2D eigenvalue weighted by atomic mass is 9.97. The number of amides is 1. The van der Waals surface area contributed by atoms with Crippen LogP contribution in [-0.2, 0) is 16.1 Å². The second-order valence-electron chi connectivity index (χ2n) is 5.35. The van der Waals surface area contributed by atoms with Gasteiger partial charge in [0.25, 0.3) is 5.91 Å². The number of hydrogen-bond acceptors (Lipinski definition) is 4. The first kappa shape index (κ1) is 14.3. The number of ether oxygens (including phenoxy) is 1. The average Bonchev–Trinajstić information content (AvgIpc) is 2.93. The third kappa shape index (κ3) is 2.89. The summed E-state index contributed by atoms with van der Waals surface area (Å²) < 4.78 is 7.35. The maximum absolute atomic E-state index is 12.1. The molecule has 1 amide bonds. The van der Waals surface area contributed by atoms with Gasteiger partial charge in [-0.1, -0.05) is 0 Å². The Labute approximate surface area is 118 Å². The Morgan fingerprint density at radius 1 is 1.55 bits per heavy atom. The van der Waals surface area contributed by atoms with Gasteiger partial charge < -0.3 is 14.6 Å². The fourth-order valence-corrected chi connectivity index (χ4v) is 2.10. The van der Waals surface area contributed by atoms with Crippen molar-refractivity contribution in [1.82, 2.24) is 14.9 Å². The molecule has 0 aliphatic carbocycles. The van der Waals surface area contributed by atoms with E-state index < -0.39 is 5.60 Å². The molecule has 0 unspecified atom stereocenters. The van der Waals surface area contributed by atoms with Crippen molar-refractivity contribution in [3.8, 4) is 0 Å². The van der Waals surface area contributed by atoms with E-state index in [-0.39, 0.29) is 11.8 Å². The zero-order valence-electron chi connectivity index (χ0n) is 12.1. The first-order chi connectivity index (χ1) is 9.42. The van der Waals surface area contributed by atoms with E-state index in [1.807, 2.05) is 31.5 Å². The van der Waals surface area contributed by atoms with Crippen LogP contribution in [0.15, 0.2) is 29.9 Å². The van der Waals surface area contributed by atoms with Crippen LogP contribution in [-0.4, -0.2) is 33.5 Å². The number of aryl methyl sites for hydroxylation is 1. The number of hydrogen-bond donors (Lipinski definition) is 2. The lowest BCUT2D eigenvalue weighted by Crippen LogP contribution is -2.29. The van der Waals surface area contributed by atoms with Gasteiger partial charge in [-0.3, -0.25) is 10.2 Å². The van der Waals surface area contributed by atoms with E-state index in [1.54, 1.807) is 12.5 Å². The molecule has 0 spiro atoms. The summed E-state index contributed by atoms with van der Waals surface area (Å²) >= 11 is 0. The summed E-state index contributed by atoms with van der Waals surface area (Å²) in [7, 11) is 0. The highest BCUT2D eigenvalue weighted by Gasteiger charge is 2.38. The molecule has 0 radical (unpaired) electrons. The Hall–Kier alpha value is -2.11. The van der Waals surface area contributed by atoms with Crippen LogP contribution in [0.5, 0.6) is 0 Å². The van der Waals surface area contributed by atoms with Crippen molar-refractivity contribution in [3.05, 3.63) is 29.9 Å². The summed E-state index contributed by atoms with van der Waals surface area (Å²) in [5.74, 6) is -0.275. The Balaban J connectivity index is 1.86. The van der Waals surface area contributed by atoms with Crippen molar-refractivity contribution in [1.29, 1.82) is 5.41 Å². The first-order valence-electron chi connectivity index (χ1n) is 6.65. The minimum atomic E-state index is -0.569. The number of nitrogens with one attached hydrogen (secondary N) is 2. The van der Waals surface area contributed by atoms with Crippen molar-refractivity contribution < 1.29 is 9.53 Å². The molecule has 2 heterocycles. The molecular formula is C14H20N4O2. The molecule has 1 aliphatic rings. The third-order valence-electron chi connectivity index (χ3n) is 3.53. The van der Waals surface area contributed by atoms with E-state index >= 15 is 0 Å². The second kappa shape index (κ2) is 5.48. The Bertz CT molecular complexity index is 544. The summed E-state index contributed by atoms with van der Waals surface area (Å²) in [5, 5.41) is 10.6. The number of nitrogens with zero attached hydrogens (tertiary/aromatic N) is 2. The zero-order valence-corrected chi connectivity index (χ0v) is 12.1. The maximum Gasteiger partial charge on any atom is 0.256 e. The second-order valence-corrected chi connectivity index (χ2v) is 5.35. The minimum Gasteiger partial charge on any atom is -0.467 e. The Kier molecular flexibility index (Phi) is 3.92. The molecule has 6 nitrogen and oxygen atoms in total. The molecule has 0 bridgehead atoms. The van der Waals surface area contributed by atoms with Gasteiger partial charge in [0.15, 0.2) is 0 Å². The fourth-order valence-electron chi connectivity index (χ4n) is 2.10. The van der Waals surface area contributed by atoms with Gasteiger partial charge in [-0.05, 0) is 32.8 Å². The van der Waals surface area contributed by atoms with E-state index in [0.717, 1.165) is 18.5 Å². The molecule has 1 aromatic heterocycles. The molecule has 0 saturated carbocycles. The van der Waals surface area contributed by atoms with Crippen LogP contribution >= 0.6 is 0 Å². The molecule has 20 heavy (non-hydrogen) atoms. The summed E-state index contributed by atoms with van der Waals surface area (Å²) in [6, 6.07) is 0. The van der Waals surface area contributed by atoms with Crippen molar-refractivity contribution in [2.75, 3.05) is 6.54 Å². The van der Waals surface area contributed by atoms with Crippen LogP contribution in [0.3, 0.4) is 0 Å². The molecule has 1 aliphatic heterocycles. The summed E-state index contributed by atoms with van der Waals surface area (Å²) in [6.07, 6.45) is 6.17. The van der Waals surface area contributed by atoms with Gasteiger partial charge in [0.1, 0.15) is 11.2 Å². The molecule has 108 valence electrons. The van der Waals surface area contributed by atoms with Crippen molar-refractivity contribution >= 4 is 11.8 Å². The lowest BCUT2D eigenvalue weighted by molar-refractivity contribution is -0.117. The quantitative estimate of drug-likeness (QED) is 0.800. The van der Waals surface area contributed by atoms with Crippen LogP contribution in [0.25, 0.3) is 0 Å². The number of aromatic nitrogens is 2. The number of carbonyl (C=O) groups is 1. The van der Waals surface area contributed by atoms with E-state index in [4.69, 9.17) is 10.1 Å². The summed E-state index contributed by atoms with van der Waals surface area (Å²) in [4.78, 5) is 16.1. The normalized spacial score (nSPS) is 17.2. The molecular weight excluding hydrogens is 256 g/mol. The molecule has 2 N–H and O–H groups in total. The average molecular weight is 276 g/mol. The number of carbonyl (C=O) groups excluding carboxylic acids is 1. The van der Waals surface area contributed by atoms with Crippen molar-refractivity contribution in [2.45, 2.75) is 39.3 Å². The van der Waals surface area contributed by atoms with Gasteiger partial charge in [-0.2, -0.15) is 0 Å². The Morgan fingerprint density at radius 3 is 2.85 bits per heavy atom. The van der Waals surface area contributed by atoms with Crippen molar-refractivity contribution in [3.63, 3.8) is 0 Å². The lowest BCUT2D eigenvalue weighted by Gasteiger charge is -2.18. The predicted octanol–water partition coefficient (Wildman–Crippen LogP) is 1.49. The van der Waals surface area contributed by atoms with Crippen LogP contribution in [0.2, 0.25) is 0 Å². The minimum absolute atomic E-state index is 0.0420. The van der Waals surface area contributed by atoms with E-state index in [0.29, 0.717) is 12.1 Å². The smallest absolute Gasteiger partial charge is 0.256 e. The Morgan fingerprint density at radius 2 is 2.30 bits per heavy atom. The summed E-state index contributed by atoms with van der Waals surface area (Å²) in [5.41, 5.74) is 0.591. The predicted molar refractivity (Wildman–Crippen MR) is 75.4 cm³/mol. The fraction of sp³-hybridized carbons (Fsp3) is 0.500. The molecule has 0 aromatic carbocycles. The molecule has 1 aromatic rings. The van der Waals surface area contributed by atoms with Gasteiger partial charge in [-0.15, -0.1) is 0 Å². The topological polar surface area (TPSA) is 80.0 Å². The van der Waals surface area contributed by atoms with Crippen LogP contribution in [0.1, 0.15) is 27.2 Å². The highest BCUT2D eigenvalue weighted by molar-refractivity contribution is 6.19. The SMILES string of the molecule is CC1=C(C(=O)NCCCn2ccnc2)C(=N)OC1(C)C. The number of imidazole rings is 1. The van der Waals surface area contributed by atoms with Crippen LogP contribution in [0.4, 0.5) is 0 Å². The number of rotatable bonds is 5. The molecule has 0 saturated heterocycles. The summed E-state index contributed by atoms with van der Waals surface area (Å²) in [6.45, 7) is 6.91. The van der Waals surface area contributed by atoms with Gasteiger partial charge >= 0.3 is 0 Å². The maximum atomic E-state index is 12.1. The van der Waals surface area contributed by atoms with Crippen LogP contribution in [0, 0.1) is 5.41 Å².